The molecule has 2 amide bonds. The molecule has 0 atom stereocenters. The number of hydrogen-bond acceptors (Lipinski definition) is 3. The summed E-state index contributed by atoms with van der Waals surface area (Å²) in [5.74, 6) is 0.0436. The van der Waals surface area contributed by atoms with Crippen LogP contribution in [0, 0.1) is 19.8 Å². The van der Waals surface area contributed by atoms with Crippen LogP contribution >= 0.6 is 0 Å². The first-order valence-corrected chi connectivity index (χ1v) is 8.12. The van der Waals surface area contributed by atoms with Gasteiger partial charge in [0.05, 0.1) is 13.0 Å². The Balaban J connectivity index is 2.77. The lowest BCUT2D eigenvalue weighted by atomic mass is 10.1. The van der Waals surface area contributed by atoms with Crippen LogP contribution in [-0.4, -0.2) is 36.6 Å². The molecule has 0 aromatic heterocycles. The standard InChI is InChI=1S/C18H28N2O3/c1-6-23-16(21)10-11-20(12-13(2)3)18(22)19-17-14(4)8-7-9-15(17)5/h7-9,13H,6,10-12H2,1-5H3,(H,19,22). The van der Waals surface area contributed by atoms with E-state index in [4.69, 9.17) is 4.74 Å². The number of carbonyl (C=O) groups excluding carboxylic acids is 2. The number of hydrogen-bond donors (Lipinski definition) is 1. The molecule has 0 saturated heterocycles. The molecule has 5 heteroatoms. The van der Waals surface area contributed by atoms with Crippen molar-refractivity contribution in [1.29, 1.82) is 0 Å². The summed E-state index contributed by atoms with van der Waals surface area (Å²) in [7, 11) is 0. The number of aryl methyl sites for hydroxylation is 2. The van der Waals surface area contributed by atoms with Gasteiger partial charge in [0.15, 0.2) is 0 Å². The number of para-hydroxylation sites is 1. The second kappa shape index (κ2) is 9.18. The lowest BCUT2D eigenvalue weighted by molar-refractivity contribution is -0.143. The maximum atomic E-state index is 12.6. The zero-order chi connectivity index (χ0) is 17.4. The molecular formula is C18H28N2O3. The van der Waals surface area contributed by atoms with Crippen LogP contribution in [0.25, 0.3) is 0 Å². The van der Waals surface area contributed by atoms with Crippen molar-refractivity contribution < 1.29 is 14.3 Å². The molecule has 0 saturated carbocycles. The number of rotatable bonds is 7. The van der Waals surface area contributed by atoms with Crippen LogP contribution in [0.3, 0.4) is 0 Å². The van der Waals surface area contributed by atoms with E-state index in [9.17, 15) is 9.59 Å². The molecule has 23 heavy (non-hydrogen) atoms. The molecule has 1 rings (SSSR count). The highest BCUT2D eigenvalue weighted by atomic mass is 16.5. The lowest BCUT2D eigenvalue weighted by Gasteiger charge is -2.25. The van der Waals surface area contributed by atoms with E-state index >= 15 is 0 Å². The van der Waals surface area contributed by atoms with Crippen molar-refractivity contribution in [2.75, 3.05) is 25.0 Å². The summed E-state index contributed by atoms with van der Waals surface area (Å²) in [4.78, 5) is 25.8. The molecule has 0 radical (unpaired) electrons. The third-order valence-corrected chi connectivity index (χ3v) is 3.48. The maximum absolute atomic E-state index is 12.6. The minimum absolute atomic E-state index is 0.180. The fourth-order valence-electron chi connectivity index (χ4n) is 2.37. The van der Waals surface area contributed by atoms with Gasteiger partial charge in [0.1, 0.15) is 0 Å². The molecule has 1 aromatic carbocycles. The van der Waals surface area contributed by atoms with Crippen LogP contribution in [0.1, 0.15) is 38.3 Å². The Bertz CT molecular complexity index is 521. The molecule has 1 N–H and O–H groups in total. The summed E-state index contributed by atoms with van der Waals surface area (Å²) in [6.07, 6.45) is 0.209. The highest BCUT2D eigenvalue weighted by Crippen LogP contribution is 2.20. The number of ether oxygens (including phenoxy) is 1. The summed E-state index contributed by atoms with van der Waals surface area (Å²) in [5.41, 5.74) is 2.88. The van der Waals surface area contributed by atoms with Crippen LogP contribution in [0.4, 0.5) is 10.5 Å². The number of esters is 1. The normalized spacial score (nSPS) is 10.5. The Morgan fingerprint density at radius 1 is 1.22 bits per heavy atom. The van der Waals surface area contributed by atoms with Gasteiger partial charge >= 0.3 is 12.0 Å². The Morgan fingerprint density at radius 2 is 1.83 bits per heavy atom. The molecule has 0 heterocycles. The van der Waals surface area contributed by atoms with E-state index in [-0.39, 0.29) is 18.4 Å². The van der Waals surface area contributed by atoms with Gasteiger partial charge in [-0.1, -0.05) is 32.0 Å². The minimum atomic E-state index is -0.277. The molecule has 5 nitrogen and oxygen atoms in total. The predicted molar refractivity (Wildman–Crippen MR) is 92.6 cm³/mol. The fourth-order valence-corrected chi connectivity index (χ4v) is 2.37. The number of carbonyl (C=O) groups is 2. The monoisotopic (exact) mass is 320 g/mol. The number of benzene rings is 1. The Hall–Kier alpha value is -2.04. The van der Waals surface area contributed by atoms with Crippen molar-refractivity contribution in [2.24, 2.45) is 5.92 Å². The topological polar surface area (TPSA) is 58.6 Å². The van der Waals surface area contributed by atoms with Crippen molar-refractivity contribution in [1.82, 2.24) is 4.90 Å². The van der Waals surface area contributed by atoms with Crippen molar-refractivity contribution in [3.63, 3.8) is 0 Å². The lowest BCUT2D eigenvalue weighted by Crippen LogP contribution is -2.39. The Kier molecular flexibility index (Phi) is 7.59. The first kappa shape index (κ1) is 19.0. The second-order valence-electron chi connectivity index (χ2n) is 6.09. The number of nitrogens with one attached hydrogen (secondary N) is 1. The first-order valence-electron chi connectivity index (χ1n) is 8.12. The maximum Gasteiger partial charge on any atom is 0.321 e. The van der Waals surface area contributed by atoms with Crippen molar-refractivity contribution in [2.45, 2.75) is 41.0 Å². The van der Waals surface area contributed by atoms with Crippen LogP contribution in [-0.2, 0) is 9.53 Å². The first-order chi connectivity index (χ1) is 10.8. The summed E-state index contributed by atoms with van der Waals surface area (Å²) < 4.78 is 4.94. The predicted octanol–water partition coefficient (Wildman–Crippen LogP) is 3.75. The molecular weight excluding hydrogens is 292 g/mol. The second-order valence-corrected chi connectivity index (χ2v) is 6.09. The number of urea groups is 1. The van der Waals surface area contributed by atoms with Gasteiger partial charge in [-0.25, -0.2) is 4.79 Å². The molecule has 0 fully saturated rings. The molecule has 1 aromatic rings. The number of amides is 2. The van der Waals surface area contributed by atoms with Gasteiger partial charge in [0.2, 0.25) is 0 Å². The van der Waals surface area contributed by atoms with E-state index in [1.54, 1.807) is 11.8 Å². The smallest absolute Gasteiger partial charge is 0.321 e. The molecule has 0 aliphatic heterocycles. The van der Waals surface area contributed by atoms with Gasteiger partial charge in [-0.05, 0) is 37.8 Å². The van der Waals surface area contributed by atoms with E-state index < -0.39 is 0 Å². The van der Waals surface area contributed by atoms with Gasteiger partial charge in [0.25, 0.3) is 0 Å². The number of nitrogens with zero attached hydrogens (tertiary/aromatic N) is 1. The van der Waals surface area contributed by atoms with E-state index in [0.29, 0.717) is 25.6 Å². The third kappa shape index (κ3) is 6.30. The van der Waals surface area contributed by atoms with Gasteiger partial charge in [-0.2, -0.15) is 0 Å². The fraction of sp³-hybridized carbons (Fsp3) is 0.556. The van der Waals surface area contributed by atoms with Crippen LogP contribution in [0.15, 0.2) is 18.2 Å². The minimum Gasteiger partial charge on any atom is -0.466 e. The molecule has 0 spiro atoms. The molecule has 0 bridgehead atoms. The van der Waals surface area contributed by atoms with E-state index in [0.717, 1.165) is 16.8 Å². The summed E-state index contributed by atoms with van der Waals surface area (Å²) in [5, 5.41) is 2.97. The zero-order valence-corrected chi connectivity index (χ0v) is 14.8. The van der Waals surface area contributed by atoms with Crippen LogP contribution < -0.4 is 5.32 Å². The Labute approximate surface area is 139 Å². The van der Waals surface area contributed by atoms with Crippen molar-refractivity contribution in [3.8, 4) is 0 Å². The van der Waals surface area contributed by atoms with Crippen LogP contribution in [0.2, 0.25) is 0 Å². The molecule has 0 unspecified atom stereocenters. The van der Waals surface area contributed by atoms with E-state index in [2.05, 4.69) is 5.32 Å². The van der Waals surface area contributed by atoms with Crippen molar-refractivity contribution in [3.05, 3.63) is 29.3 Å². The quantitative estimate of drug-likeness (QED) is 0.778. The summed E-state index contributed by atoms with van der Waals surface area (Å²) in [6, 6.07) is 5.72. The van der Waals surface area contributed by atoms with E-state index in [1.165, 1.54) is 0 Å². The molecule has 128 valence electrons. The molecule has 0 aliphatic rings. The highest BCUT2D eigenvalue weighted by Gasteiger charge is 2.18. The average Bonchev–Trinajstić information content (AvgIpc) is 2.47. The average molecular weight is 320 g/mol. The zero-order valence-electron chi connectivity index (χ0n) is 14.8. The summed E-state index contributed by atoms with van der Waals surface area (Å²) in [6.45, 7) is 11.1. The summed E-state index contributed by atoms with van der Waals surface area (Å²) >= 11 is 0. The van der Waals surface area contributed by atoms with Gasteiger partial charge in [-0.15, -0.1) is 0 Å². The Morgan fingerprint density at radius 3 is 2.35 bits per heavy atom. The van der Waals surface area contributed by atoms with E-state index in [1.807, 2.05) is 45.9 Å². The van der Waals surface area contributed by atoms with Gasteiger partial charge in [-0.3, -0.25) is 4.79 Å². The van der Waals surface area contributed by atoms with Gasteiger partial charge < -0.3 is 15.0 Å². The largest absolute Gasteiger partial charge is 0.466 e. The third-order valence-electron chi connectivity index (χ3n) is 3.48. The molecule has 0 aliphatic carbocycles. The number of anilines is 1. The SMILES string of the molecule is CCOC(=O)CCN(CC(C)C)C(=O)Nc1c(C)cccc1C. The highest BCUT2D eigenvalue weighted by molar-refractivity contribution is 5.91. The van der Waals surface area contributed by atoms with Crippen molar-refractivity contribution >= 4 is 17.7 Å². The van der Waals surface area contributed by atoms with Gasteiger partial charge in [0, 0.05) is 18.8 Å². The van der Waals surface area contributed by atoms with Crippen LogP contribution in [0.5, 0.6) is 0 Å².